The van der Waals surface area contributed by atoms with Crippen LogP contribution in [0.1, 0.15) is 17.0 Å². The fraction of sp³-hybridized carbons (Fsp3) is 0.310. The van der Waals surface area contributed by atoms with Gasteiger partial charge in [-0.15, -0.1) is 0 Å². The Morgan fingerprint density at radius 3 is 2.45 bits per heavy atom. The first kappa shape index (κ1) is 27.2. The van der Waals surface area contributed by atoms with Crippen molar-refractivity contribution in [3.8, 4) is 23.0 Å². The van der Waals surface area contributed by atoms with Crippen molar-refractivity contribution in [2.75, 3.05) is 45.8 Å². The van der Waals surface area contributed by atoms with Crippen LogP contribution in [0.25, 0.3) is 16.9 Å². The second-order valence-corrected chi connectivity index (χ2v) is 9.64. The molecule has 0 saturated carbocycles. The van der Waals surface area contributed by atoms with Crippen molar-refractivity contribution in [3.63, 3.8) is 0 Å². The molecule has 11 heteroatoms. The molecule has 2 aromatic carbocycles. The number of nitrogens with zero attached hydrogens (tertiary/aromatic N) is 5. The van der Waals surface area contributed by atoms with E-state index in [9.17, 15) is 9.18 Å². The van der Waals surface area contributed by atoms with Gasteiger partial charge in [0.25, 0.3) is 0 Å². The number of carbonyl (C=O) groups is 1. The molecular formula is C29H32FN7O3. The van der Waals surface area contributed by atoms with Crippen molar-refractivity contribution >= 4 is 11.8 Å². The van der Waals surface area contributed by atoms with Crippen LogP contribution in [0, 0.1) is 12.7 Å². The van der Waals surface area contributed by atoms with E-state index in [1.54, 1.807) is 36.3 Å². The number of benzene rings is 2. The van der Waals surface area contributed by atoms with Gasteiger partial charge in [-0.05, 0) is 36.8 Å². The third-order valence-corrected chi connectivity index (χ3v) is 7.06. The Labute approximate surface area is 232 Å². The zero-order valence-corrected chi connectivity index (χ0v) is 22.7. The molecule has 0 aliphatic carbocycles. The van der Waals surface area contributed by atoms with Gasteiger partial charge < -0.3 is 14.8 Å². The highest BCUT2D eigenvalue weighted by Crippen LogP contribution is 2.31. The Morgan fingerprint density at radius 1 is 1.05 bits per heavy atom. The Balaban J connectivity index is 1.41. The van der Waals surface area contributed by atoms with Crippen LogP contribution in [0.2, 0.25) is 0 Å². The van der Waals surface area contributed by atoms with Gasteiger partial charge in [0.05, 0.1) is 25.4 Å². The van der Waals surface area contributed by atoms with Crippen LogP contribution in [0.5, 0.6) is 6.01 Å². The fourth-order valence-corrected chi connectivity index (χ4v) is 5.01. The summed E-state index contributed by atoms with van der Waals surface area (Å²) in [6, 6.07) is 15.8. The number of ether oxygens (including phenoxy) is 2. The molecule has 5 rings (SSSR count). The SMILES string of the molecule is COCCN1C[C@@H](NC(=O)Nc2c(C)c(-c3cnc(OC)nc3)nn2-c2ccccc2)[C@H](c2ccc(F)cc2)C1. The lowest BCUT2D eigenvalue weighted by Crippen LogP contribution is -2.42. The highest BCUT2D eigenvalue weighted by molar-refractivity contribution is 5.91. The number of urea groups is 1. The molecule has 2 N–H and O–H groups in total. The molecule has 2 amide bonds. The monoisotopic (exact) mass is 545 g/mol. The van der Waals surface area contributed by atoms with Crippen LogP contribution in [-0.4, -0.2) is 77.2 Å². The summed E-state index contributed by atoms with van der Waals surface area (Å²) in [7, 11) is 3.17. The largest absolute Gasteiger partial charge is 0.467 e. The van der Waals surface area contributed by atoms with E-state index < -0.39 is 0 Å². The minimum Gasteiger partial charge on any atom is -0.467 e. The summed E-state index contributed by atoms with van der Waals surface area (Å²) in [5.74, 6) is 0.236. The van der Waals surface area contributed by atoms with E-state index in [1.165, 1.54) is 19.2 Å². The van der Waals surface area contributed by atoms with Gasteiger partial charge in [0.1, 0.15) is 17.3 Å². The number of hydrogen-bond donors (Lipinski definition) is 2. The first-order valence-corrected chi connectivity index (χ1v) is 13.0. The maximum absolute atomic E-state index is 13.6. The Hall–Kier alpha value is -4.35. The molecule has 0 radical (unpaired) electrons. The second-order valence-electron chi connectivity index (χ2n) is 9.64. The normalized spacial score (nSPS) is 17.1. The average molecular weight is 546 g/mol. The maximum Gasteiger partial charge on any atom is 0.320 e. The van der Waals surface area contributed by atoms with E-state index in [4.69, 9.17) is 14.6 Å². The maximum atomic E-state index is 13.6. The van der Waals surface area contributed by atoms with Gasteiger partial charge in [-0.25, -0.2) is 23.8 Å². The predicted molar refractivity (Wildman–Crippen MR) is 149 cm³/mol. The van der Waals surface area contributed by atoms with Crippen molar-refractivity contribution in [3.05, 3.63) is 83.9 Å². The standard InChI is InChI=1S/C29H32FN7O3/c1-19-26(21-15-31-29(40-3)32-16-21)35-37(23-7-5-4-6-8-23)27(19)34-28(38)33-25-18-36(13-14-39-2)17-24(25)20-9-11-22(30)12-10-20/h4-12,15-16,24-25H,13-14,17-18H2,1-3H3,(H2,33,34,38)/t24-,25+/m0/s1. The van der Waals surface area contributed by atoms with E-state index >= 15 is 0 Å². The second kappa shape index (κ2) is 12.2. The molecule has 2 atom stereocenters. The van der Waals surface area contributed by atoms with Gasteiger partial charge in [-0.2, -0.15) is 5.10 Å². The molecule has 1 saturated heterocycles. The summed E-state index contributed by atoms with van der Waals surface area (Å²) < 4.78 is 25.7. The molecule has 0 unspecified atom stereocenters. The minimum atomic E-state index is -0.358. The number of hydrogen-bond acceptors (Lipinski definition) is 7. The van der Waals surface area contributed by atoms with E-state index in [1.807, 2.05) is 37.3 Å². The number of halogens is 1. The quantitative estimate of drug-likeness (QED) is 0.327. The van der Waals surface area contributed by atoms with E-state index in [-0.39, 0.29) is 29.8 Å². The lowest BCUT2D eigenvalue weighted by molar-refractivity contribution is 0.159. The molecule has 2 aromatic heterocycles. The third-order valence-electron chi connectivity index (χ3n) is 7.06. The summed E-state index contributed by atoms with van der Waals surface area (Å²) in [5, 5.41) is 11.0. The van der Waals surface area contributed by atoms with Crippen molar-refractivity contribution in [2.45, 2.75) is 18.9 Å². The van der Waals surface area contributed by atoms with Crippen molar-refractivity contribution in [1.29, 1.82) is 0 Å². The molecule has 40 heavy (non-hydrogen) atoms. The molecule has 208 valence electrons. The number of methoxy groups -OCH3 is 2. The highest BCUT2D eigenvalue weighted by atomic mass is 19.1. The van der Waals surface area contributed by atoms with Gasteiger partial charge in [0, 0.05) is 56.2 Å². The zero-order chi connectivity index (χ0) is 28.1. The van der Waals surface area contributed by atoms with Crippen LogP contribution in [-0.2, 0) is 4.74 Å². The minimum absolute atomic E-state index is 0.00431. The van der Waals surface area contributed by atoms with Gasteiger partial charge in [-0.3, -0.25) is 10.2 Å². The Morgan fingerprint density at radius 2 is 1.77 bits per heavy atom. The lowest BCUT2D eigenvalue weighted by Gasteiger charge is -2.21. The first-order chi connectivity index (χ1) is 19.5. The number of para-hydroxylation sites is 1. The van der Waals surface area contributed by atoms with Crippen molar-refractivity contribution in [1.82, 2.24) is 30.0 Å². The summed E-state index contributed by atoms with van der Waals surface area (Å²) in [5.41, 5.74) is 3.85. The lowest BCUT2D eigenvalue weighted by atomic mass is 9.94. The van der Waals surface area contributed by atoms with Gasteiger partial charge >= 0.3 is 12.0 Å². The van der Waals surface area contributed by atoms with Crippen molar-refractivity contribution in [2.24, 2.45) is 0 Å². The molecule has 1 aliphatic heterocycles. The number of anilines is 1. The highest BCUT2D eigenvalue weighted by Gasteiger charge is 2.35. The predicted octanol–water partition coefficient (Wildman–Crippen LogP) is 4.02. The third kappa shape index (κ3) is 5.95. The molecule has 0 bridgehead atoms. The zero-order valence-electron chi connectivity index (χ0n) is 22.7. The van der Waals surface area contributed by atoms with Crippen LogP contribution >= 0.6 is 0 Å². The van der Waals surface area contributed by atoms with Crippen LogP contribution in [0.3, 0.4) is 0 Å². The van der Waals surface area contributed by atoms with Crippen LogP contribution in [0.4, 0.5) is 15.0 Å². The van der Waals surface area contributed by atoms with Crippen molar-refractivity contribution < 1.29 is 18.7 Å². The molecule has 1 fully saturated rings. The summed E-state index contributed by atoms with van der Waals surface area (Å²) in [6.45, 7) is 4.58. The van der Waals surface area contributed by atoms with E-state index in [0.29, 0.717) is 30.2 Å². The number of likely N-dealkylation sites (tertiary alicyclic amines) is 1. The molecule has 3 heterocycles. The van der Waals surface area contributed by atoms with Crippen LogP contribution in [0.15, 0.2) is 67.0 Å². The Bertz CT molecular complexity index is 1430. The molecule has 0 spiro atoms. The van der Waals surface area contributed by atoms with Gasteiger partial charge in [0.2, 0.25) is 0 Å². The average Bonchev–Trinajstić information content (AvgIpc) is 3.53. The smallest absolute Gasteiger partial charge is 0.320 e. The number of amides is 2. The number of carbonyl (C=O) groups excluding carboxylic acids is 1. The topological polar surface area (TPSA) is 106 Å². The summed E-state index contributed by atoms with van der Waals surface area (Å²) >= 11 is 0. The summed E-state index contributed by atoms with van der Waals surface area (Å²) in [6.07, 6.45) is 3.28. The van der Waals surface area contributed by atoms with Gasteiger partial charge in [0.15, 0.2) is 0 Å². The number of nitrogens with one attached hydrogen (secondary N) is 2. The van der Waals surface area contributed by atoms with E-state index in [0.717, 1.165) is 29.9 Å². The number of rotatable bonds is 9. The number of aromatic nitrogens is 4. The first-order valence-electron chi connectivity index (χ1n) is 13.0. The molecule has 4 aromatic rings. The van der Waals surface area contributed by atoms with Gasteiger partial charge in [-0.1, -0.05) is 30.3 Å². The molecule has 10 nitrogen and oxygen atoms in total. The van der Waals surface area contributed by atoms with Crippen LogP contribution < -0.4 is 15.4 Å². The molecule has 1 aliphatic rings. The molecular weight excluding hydrogens is 513 g/mol. The van der Waals surface area contributed by atoms with E-state index in [2.05, 4.69) is 25.5 Å². The Kier molecular flexibility index (Phi) is 8.32. The summed E-state index contributed by atoms with van der Waals surface area (Å²) in [4.78, 5) is 24.1. The fourth-order valence-electron chi connectivity index (χ4n) is 5.01.